The van der Waals surface area contributed by atoms with E-state index in [1.165, 1.54) is 22.7 Å². The minimum absolute atomic E-state index is 0.0303. The van der Waals surface area contributed by atoms with E-state index in [1.807, 2.05) is 0 Å². The number of imide groups is 1. The summed E-state index contributed by atoms with van der Waals surface area (Å²) in [5.74, 6) is -0.913. The quantitative estimate of drug-likeness (QED) is 0.0888. The van der Waals surface area contributed by atoms with Gasteiger partial charge < -0.3 is 15.4 Å². The smallest absolute Gasteiger partial charge is 0.272 e. The molecule has 0 aliphatic carbocycles. The number of nitrogens with one attached hydrogen (secondary N) is 2. The maximum absolute atomic E-state index is 13.4. The topological polar surface area (TPSA) is 105 Å². The summed E-state index contributed by atoms with van der Waals surface area (Å²) in [4.78, 5) is 54.3. The SMILES string of the molecule is CCCCOc1ccc(N2C(=O)CC(Sc3ccc(NC(=O)/C(=C/c4ccc(Cl)cc4Cl)NC(=O)c4ccccc4)cc3)C2=O)cc1. The first-order valence-corrected chi connectivity index (χ1v) is 16.6. The predicted octanol–water partition coefficient (Wildman–Crippen LogP) is 8.01. The second-order valence-electron chi connectivity index (χ2n) is 10.6. The highest BCUT2D eigenvalue weighted by atomic mass is 35.5. The van der Waals surface area contributed by atoms with Crippen LogP contribution in [0.3, 0.4) is 0 Å². The van der Waals surface area contributed by atoms with Gasteiger partial charge in [-0.25, -0.2) is 4.90 Å². The minimum Gasteiger partial charge on any atom is -0.494 e. The molecule has 11 heteroatoms. The number of halogens is 2. The normalized spacial score (nSPS) is 14.7. The van der Waals surface area contributed by atoms with E-state index in [1.54, 1.807) is 97.1 Å². The minimum atomic E-state index is -0.588. The zero-order chi connectivity index (χ0) is 33.3. The first-order valence-electron chi connectivity index (χ1n) is 14.9. The summed E-state index contributed by atoms with van der Waals surface area (Å²) in [6.45, 7) is 2.70. The van der Waals surface area contributed by atoms with E-state index in [4.69, 9.17) is 27.9 Å². The Morgan fingerprint density at radius 3 is 2.36 bits per heavy atom. The summed E-state index contributed by atoms with van der Waals surface area (Å²) >= 11 is 13.6. The van der Waals surface area contributed by atoms with E-state index in [0.717, 1.165) is 17.7 Å². The highest BCUT2D eigenvalue weighted by molar-refractivity contribution is 8.00. The fourth-order valence-corrected chi connectivity index (χ4v) is 6.21. The molecule has 0 saturated carbocycles. The Labute approximate surface area is 287 Å². The number of amides is 4. The molecule has 47 heavy (non-hydrogen) atoms. The molecule has 240 valence electrons. The molecule has 0 aromatic heterocycles. The van der Waals surface area contributed by atoms with Crippen LogP contribution in [-0.2, 0) is 14.4 Å². The molecule has 4 aromatic carbocycles. The Bertz CT molecular complexity index is 1800. The van der Waals surface area contributed by atoms with E-state index < -0.39 is 17.1 Å². The van der Waals surface area contributed by atoms with Crippen molar-refractivity contribution in [3.63, 3.8) is 0 Å². The van der Waals surface area contributed by atoms with Gasteiger partial charge in [-0.1, -0.05) is 60.8 Å². The molecule has 1 aliphatic rings. The molecular formula is C36H31Cl2N3O5S. The van der Waals surface area contributed by atoms with Crippen molar-refractivity contribution in [3.05, 3.63) is 124 Å². The second-order valence-corrected chi connectivity index (χ2v) is 12.7. The molecule has 1 atom stereocenters. The van der Waals surface area contributed by atoms with Gasteiger partial charge in [0.1, 0.15) is 11.4 Å². The van der Waals surface area contributed by atoms with Crippen molar-refractivity contribution >= 4 is 76.0 Å². The van der Waals surface area contributed by atoms with E-state index in [9.17, 15) is 19.2 Å². The molecule has 0 radical (unpaired) electrons. The summed E-state index contributed by atoms with van der Waals surface area (Å²) in [5.41, 5.74) is 1.80. The number of hydrogen-bond donors (Lipinski definition) is 2. The van der Waals surface area contributed by atoms with Gasteiger partial charge in [0.2, 0.25) is 11.8 Å². The summed E-state index contributed by atoms with van der Waals surface area (Å²) in [6, 6.07) is 27.2. The molecule has 1 unspecified atom stereocenters. The number of ether oxygens (including phenoxy) is 1. The monoisotopic (exact) mass is 687 g/mol. The average Bonchev–Trinajstić information content (AvgIpc) is 3.35. The molecule has 2 N–H and O–H groups in total. The molecule has 1 fully saturated rings. The van der Waals surface area contributed by atoms with Crippen LogP contribution in [-0.4, -0.2) is 35.5 Å². The summed E-state index contributed by atoms with van der Waals surface area (Å²) in [5, 5.41) is 5.63. The van der Waals surface area contributed by atoms with Crippen LogP contribution in [0.25, 0.3) is 6.08 Å². The van der Waals surface area contributed by atoms with Crippen molar-refractivity contribution in [3.8, 4) is 5.75 Å². The van der Waals surface area contributed by atoms with E-state index in [0.29, 0.717) is 44.9 Å². The Hall–Kier alpha value is -4.57. The first kappa shape index (κ1) is 33.8. The largest absolute Gasteiger partial charge is 0.494 e. The number of carbonyl (C=O) groups excluding carboxylic acids is 4. The van der Waals surface area contributed by atoms with Crippen LogP contribution < -0.4 is 20.3 Å². The Balaban J connectivity index is 1.25. The van der Waals surface area contributed by atoms with Gasteiger partial charge in [0.05, 0.1) is 17.5 Å². The number of thioether (sulfide) groups is 1. The third kappa shape index (κ3) is 8.83. The van der Waals surface area contributed by atoms with Crippen LogP contribution >= 0.6 is 35.0 Å². The fourth-order valence-electron chi connectivity index (χ4n) is 4.69. The molecular weight excluding hydrogens is 657 g/mol. The van der Waals surface area contributed by atoms with Crippen LogP contribution in [0.15, 0.2) is 108 Å². The lowest BCUT2D eigenvalue weighted by Gasteiger charge is -2.16. The Morgan fingerprint density at radius 1 is 0.957 bits per heavy atom. The van der Waals surface area contributed by atoms with Crippen LogP contribution in [0.1, 0.15) is 42.1 Å². The molecule has 1 aliphatic heterocycles. The fraction of sp³-hybridized carbons (Fsp3) is 0.167. The van der Waals surface area contributed by atoms with Crippen LogP contribution in [0.4, 0.5) is 11.4 Å². The number of carbonyl (C=O) groups is 4. The van der Waals surface area contributed by atoms with Gasteiger partial charge in [-0.05, 0) is 90.9 Å². The maximum Gasteiger partial charge on any atom is 0.272 e. The number of hydrogen-bond acceptors (Lipinski definition) is 6. The number of benzene rings is 4. The molecule has 1 saturated heterocycles. The maximum atomic E-state index is 13.4. The number of rotatable bonds is 12. The van der Waals surface area contributed by atoms with Crippen LogP contribution in [0.5, 0.6) is 5.75 Å². The van der Waals surface area contributed by atoms with Gasteiger partial charge in [0, 0.05) is 32.6 Å². The first-order chi connectivity index (χ1) is 22.7. The number of unbranched alkanes of at least 4 members (excludes halogenated alkanes) is 1. The third-order valence-electron chi connectivity index (χ3n) is 7.15. The van der Waals surface area contributed by atoms with E-state index in [-0.39, 0.29) is 23.9 Å². The van der Waals surface area contributed by atoms with Crippen molar-refractivity contribution in [1.82, 2.24) is 5.32 Å². The van der Waals surface area contributed by atoms with Crippen LogP contribution in [0, 0.1) is 0 Å². The second kappa shape index (κ2) is 15.8. The Kier molecular flexibility index (Phi) is 11.4. The predicted molar refractivity (Wildman–Crippen MR) is 187 cm³/mol. The van der Waals surface area contributed by atoms with E-state index in [2.05, 4.69) is 17.6 Å². The van der Waals surface area contributed by atoms with Gasteiger partial charge in [-0.15, -0.1) is 11.8 Å². The average molecular weight is 689 g/mol. The summed E-state index contributed by atoms with van der Waals surface area (Å²) in [6.07, 6.45) is 3.51. The Morgan fingerprint density at radius 2 is 1.68 bits per heavy atom. The molecule has 0 bridgehead atoms. The van der Waals surface area contributed by atoms with Gasteiger partial charge in [0.25, 0.3) is 11.8 Å². The third-order valence-corrected chi connectivity index (χ3v) is 8.91. The molecule has 0 spiro atoms. The summed E-state index contributed by atoms with van der Waals surface area (Å²) in [7, 11) is 0. The van der Waals surface area contributed by atoms with Crippen LogP contribution in [0.2, 0.25) is 10.0 Å². The standard InChI is InChI=1S/C36H31Cl2N3O5S/c1-2-3-19-46-28-15-13-27(14-16-28)41-33(42)22-32(36(41)45)47-29-17-11-26(12-18-29)39-35(44)31(20-24-9-10-25(37)21-30(24)38)40-34(43)23-7-5-4-6-8-23/h4-18,20-21,32H,2-3,19,22H2,1H3,(H,39,44)(H,40,43)/b31-20-. The molecule has 8 nitrogen and oxygen atoms in total. The lowest BCUT2D eigenvalue weighted by Crippen LogP contribution is -2.31. The lowest BCUT2D eigenvalue weighted by molar-refractivity contribution is -0.121. The number of anilines is 2. The van der Waals surface area contributed by atoms with Gasteiger partial charge in [0.15, 0.2) is 0 Å². The van der Waals surface area contributed by atoms with Crippen molar-refractivity contribution in [1.29, 1.82) is 0 Å². The van der Waals surface area contributed by atoms with Gasteiger partial charge in [-0.3, -0.25) is 19.2 Å². The molecule has 5 rings (SSSR count). The van der Waals surface area contributed by atoms with E-state index >= 15 is 0 Å². The van der Waals surface area contributed by atoms with Crippen molar-refractivity contribution in [2.75, 3.05) is 16.8 Å². The molecule has 4 aromatic rings. The van der Waals surface area contributed by atoms with Crippen molar-refractivity contribution in [2.45, 2.75) is 36.3 Å². The van der Waals surface area contributed by atoms with Crippen molar-refractivity contribution < 1.29 is 23.9 Å². The highest BCUT2D eigenvalue weighted by Gasteiger charge is 2.40. The molecule has 1 heterocycles. The van der Waals surface area contributed by atoms with Crippen molar-refractivity contribution in [2.24, 2.45) is 0 Å². The van der Waals surface area contributed by atoms with Gasteiger partial charge >= 0.3 is 0 Å². The lowest BCUT2D eigenvalue weighted by atomic mass is 10.1. The zero-order valence-electron chi connectivity index (χ0n) is 25.4. The highest BCUT2D eigenvalue weighted by Crippen LogP contribution is 2.35. The van der Waals surface area contributed by atoms with Gasteiger partial charge in [-0.2, -0.15) is 0 Å². The number of nitrogens with zero attached hydrogens (tertiary/aromatic N) is 1. The zero-order valence-corrected chi connectivity index (χ0v) is 27.7. The molecule has 4 amide bonds. The summed E-state index contributed by atoms with van der Waals surface area (Å²) < 4.78 is 5.68.